The molecule has 3 aliphatic rings. The van der Waals surface area contributed by atoms with Crippen molar-refractivity contribution >= 4 is 18.3 Å². The number of hydrogen-bond acceptors (Lipinski definition) is 3. The van der Waals surface area contributed by atoms with Crippen molar-refractivity contribution in [1.29, 1.82) is 0 Å². The van der Waals surface area contributed by atoms with E-state index < -0.39 is 0 Å². The molecule has 0 bridgehead atoms. The normalized spacial score (nSPS) is 35.8. The number of nitrogens with one attached hydrogen (secondary N) is 1. The van der Waals surface area contributed by atoms with E-state index in [2.05, 4.69) is 10.2 Å². The monoisotopic (exact) mass is 274 g/mol. The van der Waals surface area contributed by atoms with Crippen LogP contribution in [0.3, 0.4) is 0 Å². The number of amides is 1. The molecule has 1 amide bonds. The molecule has 3 rings (SSSR count). The lowest BCUT2D eigenvalue weighted by Gasteiger charge is -2.37. The van der Waals surface area contributed by atoms with E-state index in [-0.39, 0.29) is 18.3 Å². The first-order valence-electron chi connectivity index (χ1n) is 6.94. The number of piperidine rings is 1. The highest BCUT2D eigenvalue weighted by molar-refractivity contribution is 5.85. The highest BCUT2D eigenvalue weighted by atomic mass is 35.5. The second-order valence-corrected chi connectivity index (χ2v) is 5.60. The van der Waals surface area contributed by atoms with Crippen molar-refractivity contribution in [3.8, 4) is 0 Å². The molecule has 4 nitrogen and oxygen atoms in total. The Hall–Kier alpha value is -0.320. The van der Waals surface area contributed by atoms with Crippen molar-refractivity contribution in [3.05, 3.63) is 0 Å². The number of rotatable bonds is 1. The number of ether oxygens (including phenoxy) is 1. The standard InChI is InChI=1S/C13H22N2O2.ClH/c16-13(11-2-1-7-17-9-11)15-6-4-12-10(8-15)3-5-14-12;/h10-12,14H,1-9H2;1H. The Kier molecular flexibility index (Phi) is 4.87. The van der Waals surface area contributed by atoms with Gasteiger partial charge in [-0.3, -0.25) is 4.79 Å². The fourth-order valence-electron chi connectivity index (χ4n) is 3.44. The first-order valence-corrected chi connectivity index (χ1v) is 6.94. The molecule has 0 aliphatic carbocycles. The van der Waals surface area contributed by atoms with Crippen LogP contribution < -0.4 is 5.32 Å². The van der Waals surface area contributed by atoms with Gasteiger partial charge in [-0.05, 0) is 38.1 Å². The van der Waals surface area contributed by atoms with Crippen LogP contribution in [-0.2, 0) is 9.53 Å². The number of nitrogens with zero attached hydrogens (tertiary/aromatic N) is 1. The van der Waals surface area contributed by atoms with Gasteiger partial charge in [-0.25, -0.2) is 0 Å². The van der Waals surface area contributed by atoms with Crippen LogP contribution in [0.4, 0.5) is 0 Å². The summed E-state index contributed by atoms with van der Waals surface area (Å²) in [7, 11) is 0. The minimum Gasteiger partial charge on any atom is -0.381 e. The summed E-state index contributed by atoms with van der Waals surface area (Å²) in [5.74, 6) is 1.17. The quantitative estimate of drug-likeness (QED) is 0.777. The maximum absolute atomic E-state index is 12.4. The van der Waals surface area contributed by atoms with Crippen molar-refractivity contribution < 1.29 is 9.53 Å². The first-order chi connectivity index (χ1) is 8.34. The lowest BCUT2D eigenvalue weighted by Crippen LogP contribution is -2.49. The number of fused-ring (bicyclic) bond motifs is 1. The molecular weight excluding hydrogens is 252 g/mol. The van der Waals surface area contributed by atoms with Crippen molar-refractivity contribution in [1.82, 2.24) is 10.2 Å². The Morgan fingerprint density at radius 1 is 1.28 bits per heavy atom. The fourth-order valence-corrected chi connectivity index (χ4v) is 3.44. The largest absolute Gasteiger partial charge is 0.381 e. The maximum Gasteiger partial charge on any atom is 0.228 e. The third kappa shape index (κ3) is 2.81. The van der Waals surface area contributed by atoms with Crippen molar-refractivity contribution in [2.45, 2.75) is 31.7 Å². The molecule has 3 atom stereocenters. The van der Waals surface area contributed by atoms with Crippen LogP contribution in [0.1, 0.15) is 25.7 Å². The molecule has 104 valence electrons. The van der Waals surface area contributed by atoms with Crippen LogP contribution >= 0.6 is 12.4 Å². The number of carbonyl (C=O) groups excluding carboxylic acids is 1. The molecule has 3 unspecified atom stereocenters. The van der Waals surface area contributed by atoms with E-state index in [0.29, 0.717) is 24.5 Å². The van der Waals surface area contributed by atoms with Gasteiger partial charge < -0.3 is 15.0 Å². The zero-order valence-corrected chi connectivity index (χ0v) is 11.6. The summed E-state index contributed by atoms with van der Waals surface area (Å²) < 4.78 is 5.42. The van der Waals surface area contributed by atoms with Gasteiger partial charge in [0.05, 0.1) is 12.5 Å². The van der Waals surface area contributed by atoms with Gasteiger partial charge in [-0.1, -0.05) is 0 Å². The van der Waals surface area contributed by atoms with Crippen LogP contribution in [-0.4, -0.2) is 49.7 Å². The predicted molar refractivity (Wildman–Crippen MR) is 71.9 cm³/mol. The van der Waals surface area contributed by atoms with Crippen LogP contribution in [0.2, 0.25) is 0 Å². The highest BCUT2D eigenvalue weighted by Crippen LogP contribution is 2.26. The summed E-state index contributed by atoms with van der Waals surface area (Å²) in [6.07, 6.45) is 4.42. The smallest absolute Gasteiger partial charge is 0.228 e. The van der Waals surface area contributed by atoms with Gasteiger partial charge in [-0.15, -0.1) is 12.4 Å². The van der Waals surface area contributed by atoms with Gasteiger partial charge >= 0.3 is 0 Å². The number of halogens is 1. The van der Waals surface area contributed by atoms with E-state index in [1.807, 2.05) is 0 Å². The molecule has 0 radical (unpaired) electrons. The fraction of sp³-hybridized carbons (Fsp3) is 0.923. The minimum atomic E-state index is 0. The third-order valence-electron chi connectivity index (χ3n) is 4.48. The molecule has 0 aromatic rings. The van der Waals surface area contributed by atoms with E-state index >= 15 is 0 Å². The van der Waals surface area contributed by atoms with Crippen LogP contribution in [0.5, 0.6) is 0 Å². The lowest BCUT2D eigenvalue weighted by molar-refractivity contribution is -0.141. The van der Waals surface area contributed by atoms with Crippen molar-refractivity contribution in [2.24, 2.45) is 11.8 Å². The highest BCUT2D eigenvalue weighted by Gasteiger charge is 2.36. The Morgan fingerprint density at radius 2 is 2.17 bits per heavy atom. The van der Waals surface area contributed by atoms with Crippen LogP contribution in [0.25, 0.3) is 0 Å². The van der Waals surface area contributed by atoms with Crippen LogP contribution in [0.15, 0.2) is 0 Å². The molecule has 0 aromatic heterocycles. The summed E-state index contributed by atoms with van der Waals surface area (Å²) in [6, 6.07) is 0.668. The van der Waals surface area contributed by atoms with Gasteiger partial charge in [0.1, 0.15) is 0 Å². The van der Waals surface area contributed by atoms with Crippen molar-refractivity contribution in [2.75, 3.05) is 32.8 Å². The third-order valence-corrected chi connectivity index (χ3v) is 4.48. The molecular formula is C13H23ClN2O2. The lowest BCUT2D eigenvalue weighted by atomic mass is 9.91. The molecule has 0 aromatic carbocycles. The second kappa shape index (κ2) is 6.22. The number of hydrogen-bond donors (Lipinski definition) is 1. The zero-order chi connectivity index (χ0) is 11.7. The summed E-state index contributed by atoms with van der Waals surface area (Å²) in [6.45, 7) is 4.50. The molecule has 3 fully saturated rings. The number of likely N-dealkylation sites (tertiary alicyclic amines) is 1. The van der Waals surface area contributed by atoms with E-state index in [1.165, 1.54) is 6.42 Å². The Labute approximate surface area is 115 Å². The summed E-state index contributed by atoms with van der Waals surface area (Å²) >= 11 is 0. The predicted octanol–water partition coefficient (Wildman–Crippen LogP) is 1.05. The molecule has 5 heteroatoms. The molecule has 0 spiro atoms. The molecule has 1 N–H and O–H groups in total. The maximum atomic E-state index is 12.4. The first kappa shape index (κ1) is 14.1. The van der Waals surface area contributed by atoms with E-state index in [9.17, 15) is 4.79 Å². The van der Waals surface area contributed by atoms with Gasteiger partial charge in [0.15, 0.2) is 0 Å². The molecule has 18 heavy (non-hydrogen) atoms. The Balaban J connectivity index is 0.00000120. The average Bonchev–Trinajstić information content (AvgIpc) is 2.86. The van der Waals surface area contributed by atoms with Crippen LogP contribution in [0, 0.1) is 11.8 Å². The van der Waals surface area contributed by atoms with Gasteiger partial charge in [0.25, 0.3) is 0 Å². The molecule has 0 saturated carbocycles. The topological polar surface area (TPSA) is 41.6 Å². The van der Waals surface area contributed by atoms with E-state index in [0.717, 1.165) is 45.5 Å². The SMILES string of the molecule is Cl.O=C(C1CCCOC1)N1CCC2NCCC2C1. The Bertz CT molecular complexity index is 295. The minimum absolute atomic E-state index is 0. The van der Waals surface area contributed by atoms with Gasteiger partial charge in [0, 0.05) is 25.7 Å². The molecule has 3 saturated heterocycles. The van der Waals surface area contributed by atoms with Gasteiger partial charge in [0.2, 0.25) is 5.91 Å². The van der Waals surface area contributed by atoms with Crippen molar-refractivity contribution in [3.63, 3.8) is 0 Å². The number of carbonyl (C=O) groups is 1. The second-order valence-electron chi connectivity index (χ2n) is 5.60. The van der Waals surface area contributed by atoms with E-state index in [1.54, 1.807) is 0 Å². The summed E-state index contributed by atoms with van der Waals surface area (Å²) in [4.78, 5) is 14.5. The molecule has 3 heterocycles. The average molecular weight is 275 g/mol. The summed E-state index contributed by atoms with van der Waals surface area (Å²) in [5.41, 5.74) is 0. The Morgan fingerprint density at radius 3 is 2.94 bits per heavy atom. The van der Waals surface area contributed by atoms with E-state index in [4.69, 9.17) is 4.74 Å². The zero-order valence-electron chi connectivity index (χ0n) is 10.8. The summed E-state index contributed by atoms with van der Waals surface area (Å²) in [5, 5.41) is 3.53. The van der Waals surface area contributed by atoms with Gasteiger partial charge in [-0.2, -0.15) is 0 Å². The molecule has 3 aliphatic heterocycles.